The highest BCUT2D eigenvalue weighted by Gasteiger charge is 2.23. The van der Waals surface area contributed by atoms with Gasteiger partial charge in [0.05, 0.1) is 37.5 Å². The lowest BCUT2D eigenvalue weighted by molar-refractivity contribution is 0.102. The number of para-hydroxylation sites is 2. The van der Waals surface area contributed by atoms with Crippen molar-refractivity contribution in [3.63, 3.8) is 0 Å². The van der Waals surface area contributed by atoms with Gasteiger partial charge in [-0.25, -0.2) is 9.97 Å². The maximum atomic E-state index is 13.2. The fourth-order valence-corrected chi connectivity index (χ4v) is 3.91. The summed E-state index contributed by atoms with van der Waals surface area (Å²) >= 11 is 0. The Bertz CT molecular complexity index is 1060. The van der Waals surface area contributed by atoms with Crippen LogP contribution in [0.3, 0.4) is 0 Å². The van der Waals surface area contributed by atoms with Crippen molar-refractivity contribution < 1.29 is 14.3 Å². The molecule has 2 aliphatic rings. The number of rotatable bonds is 4. The molecule has 3 aromatic rings. The van der Waals surface area contributed by atoms with Gasteiger partial charge in [0.25, 0.3) is 5.91 Å². The minimum atomic E-state index is -0.265. The Labute approximate surface area is 180 Å². The first-order valence-electron chi connectivity index (χ1n) is 10.6. The van der Waals surface area contributed by atoms with Crippen LogP contribution in [0.2, 0.25) is 0 Å². The third kappa shape index (κ3) is 4.30. The van der Waals surface area contributed by atoms with Gasteiger partial charge in [-0.1, -0.05) is 12.1 Å². The van der Waals surface area contributed by atoms with Gasteiger partial charge in [0, 0.05) is 37.6 Å². The normalized spacial score (nSPS) is 17.0. The fraction of sp³-hybridized carbons (Fsp3) is 0.348. The molecule has 2 aromatic carbocycles. The van der Waals surface area contributed by atoms with E-state index < -0.39 is 0 Å². The summed E-state index contributed by atoms with van der Waals surface area (Å²) in [6.45, 7) is 5.82. The maximum Gasteiger partial charge on any atom is 0.278 e. The second kappa shape index (κ2) is 8.87. The Hall–Kier alpha value is -3.23. The number of aromatic nitrogens is 2. The van der Waals surface area contributed by atoms with E-state index in [1.807, 2.05) is 48.5 Å². The Morgan fingerprint density at radius 1 is 0.774 bits per heavy atom. The number of hydrogen-bond acceptors (Lipinski definition) is 7. The van der Waals surface area contributed by atoms with Crippen LogP contribution in [0.15, 0.2) is 48.5 Å². The number of nitrogens with one attached hydrogen (secondary N) is 1. The molecule has 0 aliphatic carbocycles. The van der Waals surface area contributed by atoms with Crippen molar-refractivity contribution in [1.82, 2.24) is 9.97 Å². The van der Waals surface area contributed by atoms with Crippen LogP contribution < -0.4 is 15.1 Å². The quantitative estimate of drug-likeness (QED) is 0.696. The SMILES string of the molecule is O=C(Nc1ccc(N2CCOCC2)cc1)c1nc2ccccc2nc1N1CCOCC1. The first kappa shape index (κ1) is 19.7. The molecule has 1 aromatic heterocycles. The van der Waals surface area contributed by atoms with Crippen molar-refractivity contribution in [3.05, 3.63) is 54.2 Å². The number of morpholine rings is 2. The maximum absolute atomic E-state index is 13.2. The zero-order valence-electron chi connectivity index (χ0n) is 17.3. The van der Waals surface area contributed by atoms with E-state index >= 15 is 0 Å². The highest BCUT2D eigenvalue weighted by atomic mass is 16.5. The summed E-state index contributed by atoms with van der Waals surface area (Å²) in [6, 6.07) is 15.5. The summed E-state index contributed by atoms with van der Waals surface area (Å²) in [5.41, 5.74) is 3.66. The fourth-order valence-electron chi connectivity index (χ4n) is 3.91. The van der Waals surface area contributed by atoms with Crippen molar-refractivity contribution in [3.8, 4) is 0 Å². The number of carbonyl (C=O) groups is 1. The van der Waals surface area contributed by atoms with Crippen LogP contribution in [0.1, 0.15) is 10.5 Å². The molecule has 0 spiro atoms. The number of anilines is 3. The van der Waals surface area contributed by atoms with Crippen LogP contribution in [-0.2, 0) is 9.47 Å². The number of benzene rings is 2. The first-order chi connectivity index (χ1) is 15.3. The van der Waals surface area contributed by atoms with Crippen LogP contribution >= 0.6 is 0 Å². The number of fused-ring (bicyclic) bond motifs is 1. The minimum Gasteiger partial charge on any atom is -0.378 e. The van der Waals surface area contributed by atoms with Gasteiger partial charge >= 0.3 is 0 Å². The smallest absolute Gasteiger partial charge is 0.278 e. The largest absolute Gasteiger partial charge is 0.378 e. The molecule has 160 valence electrons. The topological polar surface area (TPSA) is 79.8 Å². The number of ether oxygens (including phenoxy) is 2. The third-order valence-corrected chi connectivity index (χ3v) is 5.58. The van der Waals surface area contributed by atoms with E-state index in [1.54, 1.807) is 0 Å². The van der Waals surface area contributed by atoms with E-state index in [0.717, 1.165) is 43.2 Å². The van der Waals surface area contributed by atoms with Gasteiger partial charge in [0.1, 0.15) is 0 Å². The molecule has 1 amide bonds. The molecular formula is C23H25N5O3. The van der Waals surface area contributed by atoms with E-state index in [-0.39, 0.29) is 5.91 Å². The molecule has 5 rings (SSSR count). The molecular weight excluding hydrogens is 394 g/mol. The van der Waals surface area contributed by atoms with Gasteiger partial charge in [0.2, 0.25) is 0 Å². The predicted molar refractivity (Wildman–Crippen MR) is 120 cm³/mol. The van der Waals surface area contributed by atoms with Gasteiger partial charge < -0.3 is 24.6 Å². The van der Waals surface area contributed by atoms with Gasteiger partial charge in [-0.3, -0.25) is 4.79 Å². The molecule has 0 bridgehead atoms. The van der Waals surface area contributed by atoms with Crippen LogP contribution in [0.25, 0.3) is 11.0 Å². The van der Waals surface area contributed by atoms with E-state index in [1.165, 1.54) is 0 Å². The average molecular weight is 419 g/mol. The standard InChI is InChI=1S/C23H25N5O3/c29-23(24-17-5-7-18(8-6-17)27-9-13-30-14-10-27)21-22(28-11-15-31-16-12-28)26-20-4-2-1-3-19(20)25-21/h1-8H,9-16H2,(H,24,29). The molecule has 1 N–H and O–H groups in total. The number of amides is 1. The zero-order valence-corrected chi connectivity index (χ0v) is 17.3. The lowest BCUT2D eigenvalue weighted by Crippen LogP contribution is -2.38. The Kier molecular flexibility index (Phi) is 5.64. The predicted octanol–water partition coefficient (Wildman–Crippen LogP) is 2.56. The van der Waals surface area contributed by atoms with Gasteiger partial charge in [-0.05, 0) is 36.4 Å². The lowest BCUT2D eigenvalue weighted by Gasteiger charge is -2.29. The van der Waals surface area contributed by atoms with Crippen LogP contribution in [-0.4, -0.2) is 68.5 Å². The number of carbonyl (C=O) groups excluding carboxylic acids is 1. The number of nitrogens with zero attached hydrogens (tertiary/aromatic N) is 4. The van der Waals surface area contributed by atoms with E-state index in [4.69, 9.17) is 14.5 Å². The summed E-state index contributed by atoms with van der Waals surface area (Å²) in [5.74, 6) is 0.336. The third-order valence-electron chi connectivity index (χ3n) is 5.58. The Morgan fingerprint density at radius 3 is 2.00 bits per heavy atom. The van der Waals surface area contributed by atoms with Gasteiger partial charge in [-0.15, -0.1) is 0 Å². The minimum absolute atomic E-state index is 0.265. The van der Waals surface area contributed by atoms with Crippen molar-refractivity contribution >= 4 is 34.1 Å². The molecule has 2 saturated heterocycles. The molecule has 0 saturated carbocycles. The van der Waals surface area contributed by atoms with Gasteiger partial charge in [-0.2, -0.15) is 0 Å². The van der Waals surface area contributed by atoms with Gasteiger partial charge in [0.15, 0.2) is 11.5 Å². The van der Waals surface area contributed by atoms with E-state index in [2.05, 4.69) is 20.1 Å². The molecule has 8 nitrogen and oxygen atoms in total. The molecule has 0 atom stereocenters. The van der Waals surface area contributed by atoms with Crippen LogP contribution in [0, 0.1) is 0 Å². The van der Waals surface area contributed by atoms with Crippen LogP contribution in [0.5, 0.6) is 0 Å². The van der Waals surface area contributed by atoms with Crippen molar-refractivity contribution in [2.75, 3.05) is 67.7 Å². The molecule has 0 radical (unpaired) electrons. The monoisotopic (exact) mass is 419 g/mol. The second-order valence-corrected chi connectivity index (χ2v) is 7.58. The Morgan fingerprint density at radius 2 is 1.35 bits per heavy atom. The number of hydrogen-bond donors (Lipinski definition) is 1. The van der Waals surface area contributed by atoms with Crippen molar-refractivity contribution in [1.29, 1.82) is 0 Å². The Balaban J connectivity index is 1.40. The molecule has 2 fully saturated rings. The molecule has 8 heteroatoms. The molecule has 3 heterocycles. The first-order valence-corrected chi connectivity index (χ1v) is 10.6. The lowest BCUT2D eigenvalue weighted by atomic mass is 10.2. The van der Waals surface area contributed by atoms with E-state index in [9.17, 15) is 4.79 Å². The van der Waals surface area contributed by atoms with Crippen molar-refractivity contribution in [2.24, 2.45) is 0 Å². The molecule has 0 unspecified atom stereocenters. The van der Waals surface area contributed by atoms with Crippen LogP contribution in [0.4, 0.5) is 17.2 Å². The average Bonchev–Trinajstić information content (AvgIpc) is 2.85. The highest BCUT2D eigenvalue weighted by Crippen LogP contribution is 2.24. The second-order valence-electron chi connectivity index (χ2n) is 7.58. The van der Waals surface area contributed by atoms with Crippen molar-refractivity contribution in [2.45, 2.75) is 0 Å². The summed E-state index contributed by atoms with van der Waals surface area (Å²) in [6.07, 6.45) is 0. The van der Waals surface area contributed by atoms with E-state index in [0.29, 0.717) is 43.3 Å². The highest BCUT2D eigenvalue weighted by molar-refractivity contribution is 6.07. The summed E-state index contributed by atoms with van der Waals surface area (Å²) in [4.78, 5) is 27.0. The summed E-state index contributed by atoms with van der Waals surface area (Å²) in [7, 11) is 0. The molecule has 2 aliphatic heterocycles. The zero-order chi connectivity index (χ0) is 21.0. The summed E-state index contributed by atoms with van der Waals surface area (Å²) in [5, 5.41) is 2.99. The molecule has 31 heavy (non-hydrogen) atoms. The summed E-state index contributed by atoms with van der Waals surface area (Å²) < 4.78 is 10.9.